The summed E-state index contributed by atoms with van der Waals surface area (Å²) < 4.78 is 39.1. The van der Waals surface area contributed by atoms with Crippen molar-refractivity contribution in [1.82, 2.24) is 4.98 Å². The molecule has 1 aromatic carbocycles. The third kappa shape index (κ3) is 3.69. The number of hydrogen-bond donors (Lipinski definition) is 1. The zero-order valence-electron chi connectivity index (χ0n) is 12.6. The first-order chi connectivity index (χ1) is 11.3. The van der Waals surface area contributed by atoms with Gasteiger partial charge in [-0.2, -0.15) is 13.2 Å². The molecule has 1 atom stereocenters. The van der Waals surface area contributed by atoms with Gasteiger partial charge in [-0.1, -0.05) is 17.3 Å². The lowest BCUT2D eigenvalue weighted by Crippen LogP contribution is -2.06. The van der Waals surface area contributed by atoms with Crippen LogP contribution in [0.5, 0.6) is 0 Å². The van der Waals surface area contributed by atoms with Crippen molar-refractivity contribution in [2.24, 2.45) is 5.16 Å². The third-order valence-corrected chi connectivity index (χ3v) is 4.08. The molecule has 0 radical (unpaired) electrons. The molecule has 4 nitrogen and oxygen atoms in total. The Morgan fingerprint density at radius 3 is 2.71 bits per heavy atom. The topological polar surface area (TPSA) is 46.5 Å². The first-order valence-electron chi connectivity index (χ1n) is 7.11. The van der Waals surface area contributed by atoms with Crippen molar-refractivity contribution in [2.75, 3.05) is 5.32 Å². The monoisotopic (exact) mass is 399 g/mol. The Morgan fingerprint density at radius 2 is 2.04 bits per heavy atom. The molecule has 0 saturated heterocycles. The molecular weight excluding hydrogens is 387 g/mol. The van der Waals surface area contributed by atoms with E-state index >= 15 is 0 Å². The highest BCUT2D eigenvalue weighted by atomic mass is 79.9. The molecule has 2 heterocycles. The molecule has 1 aromatic heterocycles. The van der Waals surface area contributed by atoms with Gasteiger partial charge in [0.2, 0.25) is 0 Å². The fourth-order valence-electron chi connectivity index (χ4n) is 2.32. The van der Waals surface area contributed by atoms with Crippen LogP contribution in [0.4, 0.5) is 24.5 Å². The summed E-state index contributed by atoms with van der Waals surface area (Å²) in [5, 5.41) is 6.84. The molecule has 0 amide bonds. The van der Waals surface area contributed by atoms with E-state index < -0.39 is 11.7 Å². The number of pyridine rings is 1. The van der Waals surface area contributed by atoms with Crippen molar-refractivity contribution < 1.29 is 18.0 Å². The zero-order valence-corrected chi connectivity index (χ0v) is 14.1. The summed E-state index contributed by atoms with van der Waals surface area (Å²) in [5.74, 6) is 0. The van der Waals surface area contributed by atoms with Crippen molar-refractivity contribution in [1.29, 1.82) is 0 Å². The number of oxime groups is 1. The van der Waals surface area contributed by atoms with E-state index in [2.05, 4.69) is 31.4 Å². The predicted octanol–water partition coefficient (Wildman–Crippen LogP) is 5.32. The van der Waals surface area contributed by atoms with Gasteiger partial charge in [-0.25, -0.2) is 0 Å². The molecule has 0 bridgehead atoms. The van der Waals surface area contributed by atoms with E-state index in [0.29, 0.717) is 12.1 Å². The zero-order chi connectivity index (χ0) is 17.3. The van der Waals surface area contributed by atoms with Gasteiger partial charge in [-0.15, -0.1) is 0 Å². The maximum Gasteiger partial charge on any atom is 0.417 e. The average molecular weight is 400 g/mol. The van der Waals surface area contributed by atoms with Crippen LogP contribution < -0.4 is 5.32 Å². The van der Waals surface area contributed by atoms with E-state index in [1.54, 1.807) is 0 Å². The Kier molecular flexibility index (Phi) is 4.49. The van der Waals surface area contributed by atoms with Gasteiger partial charge in [0.1, 0.15) is 4.62 Å². The van der Waals surface area contributed by atoms with Crippen LogP contribution in [-0.4, -0.2) is 9.60 Å². The Labute approximate surface area is 144 Å². The van der Waals surface area contributed by atoms with Gasteiger partial charge < -0.3 is 10.2 Å². The smallest absolute Gasteiger partial charge is 0.386 e. The molecule has 8 heteroatoms. The summed E-state index contributed by atoms with van der Waals surface area (Å²) in [6.45, 7) is 1.87. The molecule has 126 valence electrons. The number of aryl methyl sites for hydroxylation is 1. The molecule has 3 rings (SSSR count). The van der Waals surface area contributed by atoms with Crippen LogP contribution in [0.2, 0.25) is 0 Å². The second-order valence-electron chi connectivity index (χ2n) is 5.43. The van der Waals surface area contributed by atoms with Crippen LogP contribution in [0.3, 0.4) is 0 Å². The number of nitrogens with zero attached hydrogens (tertiary/aromatic N) is 2. The summed E-state index contributed by atoms with van der Waals surface area (Å²) in [4.78, 5) is 8.97. The van der Waals surface area contributed by atoms with E-state index in [1.165, 1.54) is 6.20 Å². The summed E-state index contributed by atoms with van der Waals surface area (Å²) in [7, 11) is 0. The Balaban J connectivity index is 1.85. The first-order valence-corrected chi connectivity index (χ1v) is 7.90. The van der Waals surface area contributed by atoms with Crippen LogP contribution in [-0.2, 0) is 11.0 Å². The van der Waals surface area contributed by atoms with Crippen molar-refractivity contribution in [3.05, 3.63) is 53.3 Å². The van der Waals surface area contributed by atoms with E-state index in [0.717, 1.165) is 28.0 Å². The molecule has 1 aliphatic rings. The minimum absolute atomic E-state index is 0.208. The van der Waals surface area contributed by atoms with Crippen LogP contribution >= 0.6 is 15.9 Å². The van der Waals surface area contributed by atoms with Gasteiger partial charge in [0, 0.05) is 18.3 Å². The van der Waals surface area contributed by atoms with Crippen molar-refractivity contribution in [3.8, 4) is 0 Å². The largest absolute Gasteiger partial charge is 0.417 e. The van der Waals surface area contributed by atoms with E-state index in [4.69, 9.17) is 4.84 Å². The highest BCUT2D eigenvalue weighted by Crippen LogP contribution is 2.34. The SMILES string of the molecule is Cc1ccc([C@@H]2CC(Br)=NO2)cc1Nc1cncc(C(F)(F)F)c1. The minimum atomic E-state index is -4.43. The summed E-state index contributed by atoms with van der Waals surface area (Å²) >= 11 is 3.28. The number of nitrogens with one attached hydrogen (secondary N) is 1. The Bertz CT molecular complexity index is 792. The van der Waals surface area contributed by atoms with E-state index in [-0.39, 0.29) is 11.8 Å². The number of benzene rings is 1. The Morgan fingerprint density at radius 1 is 1.25 bits per heavy atom. The number of aromatic nitrogens is 1. The second-order valence-corrected chi connectivity index (χ2v) is 6.34. The van der Waals surface area contributed by atoms with Gasteiger partial charge in [0.15, 0.2) is 6.10 Å². The minimum Gasteiger partial charge on any atom is -0.386 e. The molecule has 0 spiro atoms. The molecule has 2 aromatic rings. The molecular formula is C16H13BrF3N3O. The van der Waals surface area contributed by atoms with Gasteiger partial charge in [-0.05, 0) is 46.1 Å². The molecule has 0 unspecified atom stereocenters. The molecule has 0 fully saturated rings. The van der Waals surface area contributed by atoms with Crippen LogP contribution in [0.25, 0.3) is 0 Å². The fourth-order valence-corrected chi connectivity index (χ4v) is 2.70. The first kappa shape index (κ1) is 16.8. The molecule has 24 heavy (non-hydrogen) atoms. The number of rotatable bonds is 3. The maximum atomic E-state index is 12.8. The van der Waals surface area contributed by atoms with Crippen LogP contribution in [0.1, 0.15) is 29.2 Å². The van der Waals surface area contributed by atoms with Crippen molar-refractivity contribution in [3.63, 3.8) is 0 Å². The summed E-state index contributed by atoms with van der Waals surface area (Å²) in [6, 6.07) is 6.68. The fraction of sp³-hybridized carbons (Fsp3) is 0.250. The van der Waals surface area contributed by atoms with Crippen molar-refractivity contribution in [2.45, 2.75) is 25.6 Å². The number of anilines is 2. The van der Waals surface area contributed by atoms with Crippen LogP contribution in [0, 0.1) is 6.92 Å². The standard InChI is InChI=1S/C16H13BrF3N3O/c1-9-2-3-10(14-6-15(17)23-24-14)4-13(9)22-12-5-11(7-21-8-12)16(18,19)20/h2-5,7-8,14,22H,6H2,1H3/t14-/m0/s1. The highest BCUT2D eigenvalue weighted by molar-refractivity contribution is 9.18. The molecule has 1 aliphatic heterocycles. The summed E-state index contributed by atoms with van der Waals surface area (Å²) in [6.07, 6.45) is -1.86. The predicted molar refractivity (Wildman–Crippen MR) is 88.5 cm³/mol. The lowest BCUT2D eigenvalue weighted by atomic mass is 10.0. The Hall–Kier alpha value is -2.09. The molecule has 0 aliphatic carbocycles. The number of hydrogen-bond acceptors (Lipinski definition) is 4. The summed E-state index contributed by atoms with van der Waals surface area (Å²) in [5.41, 5.74) is 1.96. The molecule has 1 N–H and O–H groups in total. The highest BCUT2D eigenvalue weighted by Gasteiger charge is 2.31. The molecule has 0 saturated carbocycles. The second kappa shape index (κ2) is 6.43. The van der Waals surface area contributed by atoms with Crippen molar-refractivity contribution >= 4 is 31.9 Å². The van der Waals surface area contributed by atoms with Gasteiger partial charge in [0.05, 0.1) is 17.4 Å². The van der Waals surface area contributed by atoms with Gasteiger partial charge in [0.25, 0.3) is 0 Å². The van der Waals surface area contributed by atoms with Gasteiger partial charge >= 0.3 is 6.18 Å². The normalized spacial score (nSPS) is 17.4. The quantitative estimate of drug-likeness (QED) is 0.759. The maximum absolute atomic E-state index is 12.8. The van der Waals surface area contributed by atoms with Crippen LogP contribution in [0.15, 0.2) is 41.8 Å². The number of halogens is 4. The third-order valence-electron chi connectivity index (χ3n) is 3.61. The van der Waals surface area contributed by atoms with Gasteiger partial charge in [-0.3, -0.25) is 4.98 Å². The van der Waals surface area contributed by atoms with E-state index in [9.17, 15) is 13.2 Å². The number of alkyl halides is 3. The lowest BCUT2D eigenvalue weighted by molar-refractivity contribution is -0.137. The average Bonchev–Trinajstić information content (AvgIpc) is 2.95. The lowest BCUT2D eigenvalue weighted by Gasteiger charge is -2.15. The van der Waals surface area contributed by atoms with E-state index in [1.807, 2.05) is 25.1 Å².